The van der Waals surface area contributed by atoms with Crippen molar-refractivity contribution in [3.05, 3.63) is 66.5 Å². The Balaban J connectivity index is 1.69. The molecular weight excluding hydrogens is 436 g/mol. The number of ether oxygens (including phenoxy) is 1. The summed E-state index contributed by atoms with van der Waals surface area (Å²) in [5.74, 6) is 0.193. The number of benzene rings is 2. The molecule has 10 heteroatoms. The zero-order valence-corrected chi connectivity index (χ0v) is 19.1. The Labute approximate surface area is 186 Å². The smallest absolute Gasteiger partial charge is 0.242 e. The molecule has 0 aliphatic rings. The number of nitrogens with one attached hydrogen (secondary N) is 1. The van der Waals surface area contributed by atoms with Gasteiger partial charge in [0.05, 0.1) is 23.4 Å². The predicted octanol–water partition coefficient (Wildman–Crippen LogP) is 2.92. The lowest BCUT2D eigenvalue weighted by Crippen LogP contribution is -2.22. The summed E-state index contributed by atoms with van der Waals surface area (Å²) in [5.41, 5.74) is 1.43. The Morgan fingerprint density at radius 1 is 1.19 bits per heavy atom. The van der Waals surface area contributed by atoms with Gasteiger partial charge in [0.15, 0.2) is 5.16 Å². The molecule has 3 rings (SSSR count). The molecule has 0 saturated heterocycles. The fourth-order valence-electron chi connectivity index (χ4n) is 2.81. The van der Waals surface area contributed by atoms with E-state index in [0.29, 0.717) is 18.0 Å². The van der Waals surface area contributed by atoms with Gasteiger partial charge in [0.2, 0.25) is 15.9 Å². The summed E-state index contributed by atoms with van der Waals surface area (Å²) in [6, 6.07) is 14.3. The van der Waals surface area contributed by atoms with E-state index in [1.54, 1.807) is 6.20 Å². The van der Waals surface area contributed by atoms with Crippen LogP contribution >= 0.6 is 11.8 Å². The average Bonchev–Trinajstić information content (AvgIpc) is 3.19. The summed E-state index contributed by atoms with van der Waals surface area (Å²) in [7, 11) is 0.724. The van der Waals surface area contributed by atoms with Gasteiger partial charge in [-0.25, -0.2) is 17.7 Å². The van der Waals surface area contributed by atoms with Crippen LogP contribution in [0, 0.1) is 0 Å². The molecule has 0 aliphatic heterocycles. The van der Waals surface area contributed by atoms with Crippen molar-refractivity contribution in [3.63, 3.8) is 0 Å². The summed E-state index contributed by atoms with van der Waals surface area (Å²) in [6.45, 7) is 0.656. The van der Waals surface area contributed by atoms with Crippen molar-refractivity contribution in [2.24, 2.45) is 0 Å². The number of hydrogen-bond donors (Lipinski definition) is 1. The first kappa shape index (κ1) is 22.9. The lowest BCUT2D eigenvalue weighted by Gasteiger charge is -2.15. The highest BCUT2D eigenvalue weighted by Crippen LogP contribution is 2.29. The van der Waals surface area contributed by atoms with Crippen molar-refractivity contribution in [3.8, 4) is 5.75 Å². The van der Waals surface area contributed by atoms with Gasteiger partial charge >= 0.3 is 0 Å². The Kier molecular flexibility index (Phi) is 7.37. The second-order valence-corrected chi connectivity index (χ2v) is 9.90. The molecule has 1 N–H and O–H groups in total. The van der Waals surface area contributed by atoms with Crippen LogP contribution < -0.4 is 10.1 Å². The van der Waals surface area contributed by atoms with Gasteiger partial charge in [-0.15, -0.1) is 0 Å². The van der Waals surface area contributed by atoms with Gasteiger partial charge in [0.1, 0.15) is 5.75 Å². The van der Waals surface area contributed by atoms with Crippen molar-refractivity contribution in [1.82, 2.24) is 13.9 Å². The van der Waals surface area contributed by atoms with E-state index < -0.39 is 10.0 Å². The second-order valence-electron chi connectivity index (χ2n) is 6.81. The largest absolute Gasteiger partial charge is 0.495 e. The average molecular weight is 461 g/mol. The van der Waals surface area contributed by atoms with Crippen molar-refractivity contribution >= 4 is 33.4 Å². The summed E-state index contributed by atoms with van der Waals surface area (Å²) in [6.07, 6.45) is 3.56. The number of aromatic nitrogens is 2. The van der Waals surface area contributed by atoms with Crippen LogP contribution in [0.25, 0.3) is 0 Å². The molecule has 31 heavy (non-hydrogen) atoms. The zero-order chi connectivity index (χ0) is 22.4. The van der Waals surface area contributed by atoms with Crippen molar-refractivity contribution in [2.45, 2.75) is 16.6 Å². The lowest BCUT2D eigenvalue weighted by molar-refractivity contribution is -0.113. The van der Waals surface area contributed by atoms with Crippen LogP contribution in [-0.4, -0.2) is 55.1 Å². The van der Waals surface area contributed by atoms with Crippen LogP contribution in [0.3, 0.4) is 0 Å². The topological polar surface area (TPSA) is 93.5 Å². The van der Waals surface area contributed by atoms with Crippen molar-refractivity contribution < 1.29 is 17.9 Å². The highest BCUT2D eigenvalue weighted by Gasteiger charge is 2.20. The van der Waals surface area contributed by atoms with Gasteiger partial charge in [-0.05, 0) is 23.8 Å². The molecule has 2 aromatic carbocycles. The van der Waals surface area contributed by atoms with E-state index in [1.165, 1.54) is 51.2 Å². The summed E-state index contributed by atoms with van der Waals surface area (Å²) in [5, 5.41) is 3.46. The second kappa shape index (κ2) is 9.99. The number of carbonyl (C=O) groups excluding carboxylic acids is 1. The minimum atomic E-state index is -3.64. The molecule has 0 atom stereocenters. The molecule has 0 aliphatic carbocycles. The van der Waals surface area contributed by atoms with Crippen LogP contribution in [0.5, 0.6) is 5.75 Å². The number of sulfonamides is 1. The number of thioether (sulfide) groups is 1. The number of nitrogens with zero attached hydrogens (tertiary/aromatic N) is 3. The molecule has 0 saturated carbocycles. The van der Waals surface area contributed by atoms with E-state index in [-0.39, 0.29) is 16.6 Å². The molecule has 3 aromatic rings. The van der Waals surface area contributed by atoms with Crippen LogP contribution in [-0.2, 0) is 21.4 Å². The van der Waals surface area contributed by atoms with E-state index >= 15 is 0 Å². The number of methoxy groups -OCH3 is 1. The van der Waals surface area contributed by atoms with E-state index in [4.69, 9.17) is 4.74 Å². The molecule has 0 spiro atoms. The fourth-order valence-corrected chi connectivity index (χ4v) is 4.50. The highest BCUT2D eigenvalue weighted by molar-refractivity contribution is 7.99. The maximum absolute atomic E-state index is 12.6. The summed E-state index contributed by atoms with van der Waals surface area (Å²) in [4.78, 5) is 17.0. The van der Waals surface area contributed by atoms with Gasteiger partial charge in [0.25, 0.3) is 0 Å². The van der Waals surface area contributed by atoms with Crippen LogP contribution in [0.1, 0.15) is 5.56 Å². The van der Waals surface area contributed by atoms with E-state index in [2.05, 4.69) is 10.3 Å². The Morgan fingerprint density at radius 3 is 2.61 bits per heavy atom. The molecule has 0 fully saturated rings. The number of hydrogen-bond acceptors (Lipinski definition) is 6. The number of anilines is 1. The van der Waals surface area contributed by atoms with Crippen molar-refractivity contribution in [1.29, 1.82) is 0 Å². The van der Waals surface area contributed by atoms with Gasteiger partial charge in [0, 0.05) is 33.0 Å². The molecule has 0 radical (unpaired) electrons. The quantitative estimate of drug-likeness (QED) is 0.494. The summed E-state index contributed by atoms with van der Waals surface area (Å²) >= 11 is 1.30. The van der Waals surface area contributed by atoms with Crippen LogP contribution in [0.15, 0.2) is 71.0 Å². The van der Waals surface area contributed by atoms with Crippen molar-refractivity contribution in [2.75, 3.05) is 32.3 Å². The molecule has 8 nitrogen and oxygen atoms in total. The zero-order valence-electron chi connectivity index (χ0n) is 17.5. The third kappa shape index (κ3) is 5.66. The number of rotatable bonds is 9. The lowest BCUT2D eigenvalue weighted by atomic mass is 10.2. The first-order valence-electron chi connectivity index (χ1n) is 9.39. The maximum Gasteiger partial charge on any atom is 0.242 e. The highest BCUT2D eigenvalue weighted by atomic mass is 32.2. The first-order valence-corrected chi connectivity index (χ1v) is 11.8. The Bertz CT molecular complexity index is 1150. The van der Waals surface area contributed by atoms with Gasteiger partial charge in [-0.3, -0.25) is 4.79 Å². The van der Waals surface area contributed by atoms with Crippen LogP contribution in [0.2, 0.25) is 0 Å². The van der Waals surface area contributed by atoms with E-state index in [0.717, 1.165) is 15.0 Å². The minimum Gasteiger partial charge on any atom is -0.495 e. The number of carbonyl (C=O) groups is 1. The van der Waals surface area contributed by atoms with Gasteiger partial charge in [-0.1, -0.05) is 42.1 Å². The van der Waals surface area contributed by atoms with E-state index in [1.807, 2.05) is 41.1 Å². The van der Waals surface area contributed by atoms with Crippen LogP contribution in [0.4, 0.5) is 5.69 Å². The third-order valence-corrected chi connectivity index (χ3v) is 7.24. The predicted molar refractivity (Wildman–Crippen MR) is 121 cm³/mol. The first-order chi connectivity index (χ1) is 14.8. The molecular formula is C21H24N4O4S2. The molecule has 164 valence electrons. The van der Waals surface area contributed by atoms with Gasteiger partial charge in [-0.2, -0.15) is 0 Å². The molecule has 0 unspecified atom stereocenters. The number of imidazole rings is 1. The minimum absolute atomic E-state index is 0.0691. The Hall–Kier alpha value is -2.82. The maximum atomic E-state index is 12.6. The standard InChI is InChI=1S/C21H24N4O4S2/c1-24(2)31(27,28)17-9-10-19(29-3)18(13-17)23-20(26)15-30-21-22-11-12-25(21)14-16-7-5-4-6-8-16/h4-13H,14-15H2,1-3H3,(H,23,26). The SMILES string of the molecule is COc1ccc(S(=O)(=O)N(C)C)cc1NC(=O)CSc1nccn1Cc1ccccc1. The summed E-state index contributed by atoms with van der Waals surface area (Å²) < 4.78 is 33.1. The molecule has 1 aromatic heterocycles. The van der Waals surface area contributed by atoms with Gasteiger partial charge < -0.3 is 14.6 Å². The Morgan fingerprint density at radius 2 is 1.94 bits per heavy atom. The van der Waals surface area contributed by atoms with E-state index in [9.17, 15) is 13.2 Å². The fraction of sp³-hybridized carbons (Fsp3) is 0.238. The number of amides is 1. The molecule has 1 amide bonds. The monoisotopic (exact) mass is 460 g/mol. The normalized spacial score (nSPS) is 11.5. The molecule has 0 bridgehead atoms. The molecule has 1 heterocycles. The third-order valence-electron chi connectivity index (χ3n) is 4.43.